The fourth-order valence-corrected chi connectivity index (χ4v) is 7.03. The van der Waals surface area contributed by atoms with Gasteiger partial charge in [0.15, 0.2) is 0 Å². The van der Waals surface area contributed by atoms with Crippen molar-refractivity contribution in [2.75, 3.05) is 5.32 Å². The van der Waals surface area contributed by atoms with Crippen LogP contribution in [0.25, 0.3) is 0 Å². The molecule has 2 aromatic carbocycles. The molecule has 0 bridgehead atoms. The molecule has 6 heteroatoms. The van der Waals surface area contributed by atoms with Crippen LogP contribution in [-0.4, -0.2) is 14.3 Å². The summed E-state index contributed by atoms with van der Waals surface area (Å²) in [6.07, 6.45) is 4.59. The molecule has 4 nitrogen and oxygen atoms in total. The summed E-state index contributed by atoms with van der Waals surface area (Å²) in [5.41, 5.74) is 1.98. The van der Waals surface area contributed by atoms with Gasteiger partial charge in [-0.05, 0) is 55.4 Å². The topological polar surface area (TPSA) is 63.2 Å². The van der Waals surface area contributed by atoms with E-state index >= 15 is 0 Å². The van der Waals surface area contributed by atoms with Crippen molar-refractivity contribution < 1.29 is 13.2 Å². The molecular formula is C23H23NO3S2. The third kappa shape index (κ3) is 4.28. The highest BCUT2D eigenvalue weighted by Gasteiger charge is 2.31. The van der Waals surface area contributed by atoms with E-state index in [0.29, 0.717) is 22.7 Å². The Labute approximate surface area is 175 Å². The van der Waals surface area contributed by atoms with Gasteiger partial charge in [0.2, 0.25) is 15.7 Å². The fraction of sp³-hybridized carbons (Fsp3) is 0.261. The van der Waals surface area contributed by atoms with Gasteiger partial charge in [0.25, 0.3) is 0 Å². The number of amides is 1. The monoisotopic (exact) mass is 425 g/mol. The molecule has 1 N–H and O–H groups in total. The molecule has 0 unspecified atom stereocenters. The van der Waals surface area contributed by atoms with Gasteiger partial charge in [-0.2, -0.15) is 0 Å². The molecule has 3 aromatic rings. The second-order valence-electron chi connectivity index (χ2n) is 7.22. The zero-order chi connectivity index (χ0) is 20.3. The van der Waals surface area contributed by atoms with Crippen LogP contribution < -0.4 is 5.32 Å². The molecule has 0 aliphatic heterocycles. The van der Waals surface area contributed by atoms with Crippen LogP contribution in [0.4, 0.5) is 5.00 Å². The molecule has 1 aliphatic rings. The number of anilines is 1. The van der Waals surface area contributed by atoms with E-state index in [1.165, 1.54) is 11.3 Å². The SMILES string of the molecule is O=C(CCc1ccccc1)Nc1sc2c(c1S(=O)(=O)c1ccccc1)CCCC2. The molecule has 1 aromatic heterocycles. The Hall–Kier alpha value is -2.44. The second kappa shape index (κ2) is 8.51. The molecule has 0 atom stereocenters. The van der Waals surface area contributed by atoms with Crippen LogP contribution in [0.5, 0.6) is 0 Å². The van der Waals surface area contributed by atoms with Gasteiger partial charge < -0.3 is 5.32 Å². The number of hydrogen-bond acceptors (Lipinski definition) is 4. The normalized spacial score (nSPS) is 13.7. The van der Waals surface area contributed by atoms with Gasteiger partial charge in [-0.15, -0.1) is 11.3 Å². The summed E-state index contributed by atoms with van der Waals surface area (Å²) in [4.78, 5) is 14.3. The number of thiophene rings is 1. The van der Waals surface area contributed by atoms with Gasteiger partial charge in [-0.3, -0.25) is 4.79 Å². The van der Waals surface area contributed by atoms with E-state index in [4.69, 9.17) is 0 Å². The highest BCUT2D eigenvalue weighted by atomic mass is 32.2. The van der Waals surface area contributed by atoms with E-state index in [9.17, 15) is 13.2 Å². The number of rotatable bonds is 6. The summed E-state index contributed by atoms with van der Waals surface area (Å²) in [5, 5.41) is 3.39. The van der Waals surface area contributed by atoms with Gasteiger partial charge in [-0.1, -0.05) is 48.5 Å². The lowest BCUT2D eigenvalue weighted by Gasteiger charge is -2.13. The predicted octanol–water partition coefficient (Wildman–Crippen LogP) is 5.03. The molecule has 0 radical (unpaired) electrons. The van der Waals surface area contributed by atoms with Gasteiger partial charge in [0.1, 0.15) is 9.90 Å². The number of fused-ring (bicyclic) bond motifs is 1. The molecule has 150 valence electrons. The minimum absolute atomic E-state index is 0.156. The molecule has 0 saturated heterocycles. The van der Waals surface area contributed by atoms with Gasteiger partial charge >= 0.3 is 0 Å². The number of benzene rings is 2. The first-order chi connectivity index (χ1) is 14.1. The minimum Gasteiger partial charge on any atom is -0.317 e. The van der Waals surface area contributed by atoms with Crippen molar-refractivity contribution in [1.29, 1.82) is 0 Å². The summed E-state index contributed by atoms with van der Waals surface area (Å²) in [6.45, 7) is 0. The maximum Gasteiger partial charge on any atom is 0.225 e. The van der Waals surface area contributed by atoms with Crippen LogP contribution in [0.15, 0.2) is 70.5 Å². The van der Waals surface area contributed by atoms with Crippen molar-refractivity contribution in [2.24, 2.45) is 0 Å². The largest absolute Gasteiger partial charge is 0.317 e. The molecular weight excluding hydrogens is 402 g/mol. The lowest BCUT2D eigenvalue weighted by Crippen LogP contribution is -2.15. The minimum atomic E-state index is -3.68. The Kier molecular flexibility index (Phi) is 5.83. The Morgan fingerprint density at radius 1 is 0.931 bits per heavy atom. The first-order valence-corrected chi connectivity index (χ1v) is 12.1. The molecule has 29 heavy (non-hydrogen) atoms. The summed E-state index contributed by atoms with van der Waals surface area (Å²) >= 11 is 1.42. The lowest BCUT2D eigenvalue weighted by atomic mass is 9.99. The number of carbonyl (C=O) groups is 1. The highest BCUT2D eigenvalue weighted by molar-refractivity contribution is 7.92. The summed E-state index contributed by atoms with van der Waals surface area (Å²) < 4.78 is 26.8. The maximum absolute atomic E-state index is 13.4. The lowest BCUT2D eigenvalue weighted by molar-refractivity contribution is -0.116. The van der Waals surface area contributed by atoms with E-state index in [2.05, 4.69) is 5.32 Å². The Morgan fingerprint density at radius 3 is 2.31 bits per heavy atom. The van der Waals surface area contributed by atoms with Crippen LogP contribution in [0.3, 0.4) is 0 Å². The van der Waals surface area contributed by atoms with Gasteiger partial charge in [0.05, 0.1) is 4.90 Å². The first-order valence-electron chi connectivity index (χ1n) is 9.84. The van der Waals surface area contributed by atoms with Crippen LogP contribution >= 0.6 is 11.3 Å². The molecule has 1 aliphatic carbocycles. The van der Waals surface area contributed by atoms with Gasteiger partial charge in [0, 0.05) is 11.3 Å². The van der Waals surface area contributed by atoms with Crippen molar-refractivity contribution in [2.45, 2.75) is 48.3 Å². The van der Waals surface area contributed by atoms with E-state index in [1.807, 2.05) is 30.3 Å². The van der Waals surface area contributed by atoms with Crippen molar-refractivity contribution >= 4 is 32.1 Å². The van der Waals surface area contributed by atoms with Crippen LogP contribution in [0.1, 0.15) is 35.3 Å². The van der Waals surface area contributed by atoms with Crippen molar-refractivity contribution in [3.05, 3.63) is 76.7 Å². The number of sulfone groups is 1. The molecule has 0 saturated carbocycles. The Balaban J connectivity index is 1.63. The van der Waals surface area contributed by atoms with Crippen LogP contribution in [0.2, 0.25) is 0 Å². The Bertz CT molecular complexity index is 1100. The van der Waals surface area contributed by atoms with E-state index in [1.54, 1.807) is 30.3 Å². The fourth-order valence-electron chi connectivity index (χ4n) is 3.71. The summed E-state index contributed by atoms with van der Waals surface area (Å²) in [5.74, 6) is -0.156. The van der Waals surface area contributed by atoms with Gasteiger partial charge in [-0.25, -0.2) is 8.42 Å². The standard InChI is InChI=1S/C23H23NO3S2/c25-21(16-15-17-9-3-1-4-10-17)24-23-22(19-13-7-8-14-20(19)28-23)29(26,27)18-11-5-2-6-12-18/h1-6,9-12H,7-8,13-16H2,(H,24,25). The molecule has 0 spiro atoms. The smallest absolute Gasteiger partial charge is 0.225 e. The summed E-state index contributed by atoms with van der Waals surface area (Å²) in [6, 6.07) is 18.3. The first kappa shape index (κ1) is 19.9. The number of aryl methyl sites for hydroxylation is 2. The van der Waals surface area contributed by atoms with Crippen molar-refractivity contribution in [3.8, 4) is 0 Å². The molecule has 1 amide bonds. The number of nitrogens with one attached hydrogen (secondary N) is 1. The van der Waals surface area contributed by atoms with Crippen LogP contribution in [-0.2, 0) is 33.9 Å². The quantitative estimate of drug-likeness (QED) is 0.602. The van der Waals surface area contributed by atoms with Crippen molar-refractivity contribution in [3.63, 3.8) is 0 Å². The summed E-state index contributed by atoms with van der Waals surface area (Å²) in [7, 11) is -3.68. The zero-order valence-electron chi connectivity index (χ0n) is 16.1. The van der Waals surface area contributed by atoms with E-state index < -0.39 is 9.84 Å². The Morgan fingerprint density at radius 2 is 1.59 bits per heavy atom. The van der Waals surface area contributed by atoms with Crippen molar-refractivity contribution in [1.82, 2.24) is 0 Å². The van der Waals surface area contributed by atoms with E-state index in [0.717, 1.165) is 41.7 Å². The highest BCUT2D eigenvalue weighted by Crippen LogP contribution is 2.43. The number of hydrogen-bond donors (Lipinski definition) is 1. The third-order valence-electron chi connectivity index (χ3n) is 5.18. The average Bonchev–Trinajstić information content (AvgIpc) is 3.12. The predicted molar refractivity (Wildman–Crippen MR) is 116 cm³/mol. The average molecular weight is 426 g/mol. The second-order valence-corrected chi connectivity index (χ2v) is 10.2. The van der Waals surface area contributed by atoms with E-state index in [-0.39, 0.29) is 10.8 Å². The molecule has 1 heterocycles. The maximum atomic E-state index is 13.4. The molecule has 0 fully saturated rings. The van der Waals surface area contributed by atoms with Crippen LogP contribution in [0, 0.1) is 0 Å². The molecule has 4 rings (SSSR count). The zero-order valence-corrected chi connectivity index (χ0v) is 17.7. The number of carbonyl (C=O) groups excluding carboxylic acids is 1. The third-order valence-corrected chi connectivity index (χ3v) is 8.40.